The Morgan fingerprint density at radius 2 is 1.64 bits per heavy atom. The number of amides is 2. The third-order valence-corrected chi connectivity index (χ3v) is 4.84. The maximum atomic E-state index is 12.8. The molecule has 0 heterocycles. The maximum absolute atomic E-state index is 12.8. The van der Waals surface area contributed by atoms with Crippen LogP contribution in [0.25, 0.3) is 0 Å². The van der Waals surface area contributed by atoms with Gasteiger partial charge in [0.05, 0.1) is 0 Å². The fourth-order valence-electron chi connectivity index (χ4n) is 2.75. The van der Waals surface area contributed by atoms with Crippen molar-refractivity contribution in [3.05, 3.63) is 64.7 Å². The minimum absolute atomic E-state index is 0.143. The van der Waals surface area contributed by atoms with Gasteiger partial charge in [0, 0.05) is 18.6 Å². The first-order valence-corrected chi connectivity index (χ1v) is 9.68. The van der Waals surface area contributed by atoms with E-state index in [1.54, 1.807) is 26.1 Å². The molecule has 5 nitrogen and oxygen atoms in total. The molecular formula is C22H27ClN2O3. The fourth-order valence-corrected chi connectivity index (χ4v) is 2.88. The summed E-state index contributed by atoms with van der Waals surface area (Å²) in [6, 6.07) is 14.3. The molecule has 0 unspecified atom stereocenters. The molecule has 0 fully saturated rings. The Bertz CT molecular complexity index is 788. The molecule has 0 bridgehead atoms. The predicted octanol–water partition coefficient (Wildman–Crippen LogP) is 4.01. The van der Waals surface area contributed by atoms with Crippen molar-refractivity contribution in [3.63, 3.8) is 0 Å². The summed E-state index contributed by atoms with van der Waals surface area (Å²) in [6.45, 7) is 6.09. The van der Waals surface area contributed by atoms with Crippen LogP contribution in [0.5, 0.6) is 5.75 Å². The zero-order chi connectivity index (χ0) is 20.7. The van der Waals surface area contributed by atoms with E-state index >= 15 is 0 Å². The number of ether oxygens (including phenoxy) is 1. The molecule has 0 aliphatic heterocycles. The van der Waals surface area contributed by atoms with Gasteiger partial charge in [-0.25, -0.2) is 0 Å². The van der Waals surface area contributed by atoms with Crippen molar-refractivity contribution in [2.75, 3.05) is 13.7 Å². The van der Waals surface area contributed by atoms with Crippen molar-refractivity contribution in [3.8, 4) is 5.75 Å². The highest BCUT2D eigenvalue weighted by Crippen LogP contribution is 2.19. The highest BCUT2D eigenvalue weighted by atomic mass is 35.5. The minimum Gasteiger partial charge on any atom is -0.484 e. The number of rotatable bonds is 8. The normalized spacial score (nSPS) is 11.8. The predicted molar refractivity (Wildman–Crippen MR) is 112 cm³/mol. The molecule has 0 aromatic heterocycles. The summed E-state index contributed by atoms with van der Waals surface area (Å²) in [6.07, 6.45) is 0. The maximum Gasteiger partial charge on any atom is 0.261 e. The zero-order valence-corrected chi connectivity index (χ0v) is 17.5. The van der Waals surface area contributed by atoms with Gasteiger partial charge < -0.3 is 15.0 Å². The number of nitrogens with zero attached hydrogens (tertiary/aromatic N) is 1. The molecule has 0 radical (unpaired) electrons. The van der Waals surface area contributed by atoms with Crippen LogP contribution in [-0.2, 0) is 16.1 Å². The van der Waals surface area contributed by atoms with Crippen molar-refractivity contribution in [2.45, 2.75) is 39.3 Å². The molecule has 0 saturated carbocycles. The molecule has 2 amide bonds. The molecule has 28 heavy (non-hydrogen) atoms. The fraction of sp³-hybridized carbons (Fsp3) is 0.364. The average molecular weight is 403 g/mol. The lowest BCUT2D eigenvalue weighted by molar-refractivity contribution is -0.142. The summed E-state index contributed by atoms with van der Waals surface area (Å²) in [7, 11) is 1.55. The first-order valence-electron chi connectivity index (χ1n) is 9.30. The molecule has 6 heteroatoms. The van der Waals surface area contributed by atoms with Gasteiger partial charge in [-0.3, -0.25) is 9.59 Å². The summed E-state index contributed by atoms with van der Waals surface area (Å²) in [5.74, 6) is 0.554. The lowest BCUT2D eigenvalue weighted by atomic mass is 10.0. The standard InChI is InChI=1S/C22H27ClN2O3/c1-15(2)18-7-11-20(12-8-18)28-14-21(26)25(16(3)22(27)24-4)13-17-5-9-19(23)10-6-17/h5-12,15-16H,13-14H2,1-4H3,(H,24,27)/t16-/m1/s1. The summed E-state index contributed by atoms with van der Waals surface area (Å²) in [5.41, 5.74) is 2.09. The third-order valence-electron chi connectivity index (χ3n) is 4.59. The first-order chi connectivity index (χ1) is 13.3. The van der Waals surface area contributed by atoms with E-state index < -0.39 is 6.04 Å². The molecule has 0 spiro atoms. The molecule has 0 aliphatic rings. The van der Waals surface area contributed by atoms with Crippen molar-refractivity contribution >= 4 is 23.4 Å². The number of carbonyl (C=O) groups excluding carboxylic acids is 2. The Morgan fingerprint density at radius 3 is 2.18 bits per heavy atom. The van der Waals surface area contributed by atoms with Crippen LogP contribution in [0.4, 0.5) is 0 Å². The van der Waals surface area contributed by atoms with Gasteiger partial charge in [-0.15, -0.1) is 0 Å². The molecular weight excluding hydrogens is 376 g/mol. The molecule has 2 rings (SSSR count). The quantitative estimate of drug-likeness (QED) is 0.725. The van der Waals surface area contributed by atoms with Crippen LogP contribution < -0.4 is 10.1 Å². The lowest BCUT2D eigenvalue weighted by Crippen LogP contribution is -2.48. The number of likely N-dealkylation sites (N-methyl/N-ethyl adjacent to an activating group) is 1. The number of carbonyl (C=O) groups is 2. The molecule has 2 aromatic rings. The van der Waals surface area contributed by atoms with E-state index in [2.05, 4.69) is 19.2 Å². The van der Waals surface area contributed by atoms with Gasteiger partial charge in [0.1, 0.15) is 11.8 Å². The van der Waals surface area contributed by atoms with Crippen LogP contribution in [0.15, 0.2) is 48.5 Å². The zero-order valence-electron chi connectivity index (χ0n) is 16.7. The van der Waals surface area contributed by atoms with Crippen LogP contribution in [0.3, 0.4) is 0 Å². The van der Waals surface area contributed by atoms with E-state index in [9.17, 15) is 9.59 Å². The Hall–Kier alpha value is -2.53. The van der Waals surface area contributed by atoms with Gasteiger partial charge in [-0.2, -0.15) is 0 Å². The van der Waals surface area contributed by atoms with E-state index in [0.29, 0.717) is 23.2 Å². The Labute approximate surface area is 171 Å². The summed E-state index contributed by atoms with van der Waals surface area (Å²) >= 11 is 5.93. The molecule has 150 valence electrons. The Balaban J connectivity index is 2.09. The number of benzene rings is 2. The van der Waals surface area contributed by atoms with E-state index in [-0.39, 0.29) is 18.4 Å². The van der Waals surface area contributed by atoms with Gasteiger partial charge in [-0.1, -0.05) is 49.7 Å². The van der Waals surface area contributed by atoms with Crippen molar-refractivity contribution in [2.24, 2.45) is 0 Å². The number of nitrogens with one attached hydrogen (secondary N) is 1. The summed E-state index contributed by atoms with van der Waals surface area (Å²) < 4.78 is 5.66. The Kier molecular flexibility index (Phi) is 7.88. The van der Waals surface area contributed by atoms with Crippen molar-refractivity contribution in [1.29, 1.82) is 0 Å². The molecule has 0 aliphatic carbocycles. The van der Waals surface area contributed by atoms with Crippen LogP contribution in [0, 0.1) is 0 Å². The second kappa shape index (κ2) is 10.1. The minimum atomic E-state index is -0.625. The van der Waals surface area contributed by atoms with E-state index in [1.807, 2.05) is 36.4 Å². The summed E-state index contributed by atoms with van der Waals surface area (Å²) in [4.78, 5) is 26.4. The highest BCUT2D eigenvalue weighted by Gasteiger charge is 2.25. The topological polar surface area (TPSA) is 58.6 Å². The van der Waals surface area contributed by atoms with Crippen LogP contribution >= 0.6 is 11.6 Å². The number of hydrogen-bond acceptors (Lipinski definition) is 3. The van der Waals surface area contributed by atoms with E-state index in [4.69, 9.17) is 16.3 Å². The van der Waals surface area contributed by atoms with E-state index in [0.717, 1.165) is 5.56 Å². The van der Waals surface area contributed by atoms with Gasteiger partial charge in [-0.05, 0) is 48.2 Å². The monoisotopic (exact) mass is 402 g/mol. The van der Waals surface area contributed by atoms with Crippen LogP contribution in [0.1, 0.15) is 37.8 Å². The third kappa shape index (κ3) is 5.99. The summed E-state index contributed by atoms with van der Waals surface area (Å²) in [5, 5.41) is 3.21. The molecule has 0 saturated heterocycles. The smallest absolute Gasteiger partial charge is 0.261 e. The van der Waals surface area contributed by atoms with Crippen LogP contribution in [-0.4, -0.2) is 36.4 Å². The van der Waals surface area contributed by atoms with Gasteiger partial charge >= 0.3 is 0 Å². The van der Waals surface area contributed by atoms with Gasteiger partial charge in [0.2, 0.25) is 5.91 Å². The number of halogens is 1. The second-order valence-corrected chi connectivity index (χ2v) is 7.39. The highest BCUT2D eigenvalue weighted by molar-refractivity contribution is 6.30. The lowest BCUT2D eigenvalue weighted by Gasteiger charge is -2.28. The van der Waals surface area contributed by atoms with Crippen molar-refractivity contribution in [1.82, 2.24) is 10.2 Å². The average Bonchev–Trinajstić information content (AvgIpc) is 2.70. The number of hydrogen-bond donors (Lipinski definition) is 1. The second-order valence-electron chi connectivity index (χ2n) is 6.95. The molecule has 1 N–H and O–H groups in total. The largest absolute Gasteiger partial charge is 0.484 e. The van der Waals surface area contributed by atoms with Crippen molar-refractivity contribution < 1.29 is 14.3 Å². The van der Waals surface area contributed by atoms with E-state index in [1.165, 1.54) is 10.5 Å². The van der Waals surface area contributed by atoms with Gasteiger partial charge in [0.25, 0.3) is 5.91 Å². The molecule has 2 aromatic carbocycles. The Morgan fingerprint density at radius 1 is 1.04 bits per heavy atom. The van der Waals surface area contributed by atoms with Gasteiger partial charge in [0.15, 0.2) is 6.61 Å². The SMILES string of the molecule is CNC(=O)[C@@H](C)N(Cc1ccc(Cl)cc1)C(=O)COc1ccc(C(C)C)cc1. The first kappa shape index (κ1) is 21.8. The molecule has 1 atom stereocenters. The van der Waals surface area contributed by atoms with Crippen LogP contribution in [0.2, 0.25) is 5.02 Å².